The average Bonchev–Trinajstić information content (AvgIpc) is 2.56. The minimum Gasteiger partial charge on any atom is -0.483 e. The lowest BCUT2D eigenvalue weighted by molar-refractivity contribution is -0.123. The molecule has 0 radical (unpaired) electrons. The van der Waals surface area contributed by atoms with Gasteiger partial charge in [-0.1, -0.05) is 30.3 Å². The maximum absolute atomic E-state index is 12.2. The molecule has 3 nitrogen and oxygen atoms in total. The van der Waals surface area contributed by atoms with Gasteiger partial charge >= 0.3 is 0 Å². The van der Waals surface area contributed by atoms with Gasteiger partial charge in [-0.25, -0.2) is 0 Å². The predicted molar refractivity (Wildman–Crippen MR) is 94.1 cm³/mol. The Morgan fingerprint density at radius 1 is 1.22 bits per heavy atom. The number of thioether (sulfide) groups is 1. The third kappa shape index (κ3) is 3.70. The topological polar surface area (TPSA) is 38.3 Å². The first-order chi connectivity index (χ1) is 11.1. The lowest BCUT2D eigenvalue weighted by Crippen LogP contribution is -2.34. The Morgan fingerprint density at radius 2 is 2.04 bits per heavy atom. The van der Waals surface area contributed by atoms with E-state index in [1.165, 1.54) is 16.0 Å². The van der Waals surface area contributed by atoms with Crippen LogP contribution >= 0.6 is 11.8 Å². The molecule has 23 heavy (non-hydrogen) atoms. The molecule has 1 heterocycles. The molecule has 0 saturated carbocycles. The van der Waals surface area contributed by atoms with Crippen molar-refractivity contribution in [3.63, 3.8) is 0 Å². The maximum Gasteiger partial charge on any atom is 0.258 e. The summed E-state index contributed by atoms with van der Waals surface area (Å²) in [5.41, 5.74) is 3.46. The lowest BCUT2D eigenvalue weighted by atomic mass is 10.0. The molecule has 0 aliphatic carbocycles. The van der Waals surface area contributed by atoms with Crippen LogP contribution in [0.3, 0.4) is 0 Å². The molecule has 4 heteroatoms. The number of rotatable bonds is 4. The summed E-state index contributed by atoms with van der Waals surface area (Å²) in [5.74, 6) is 1.73. The molecular weight excluding hydrogens is 306 g/mol. The van der Waals surface area contributed by atoms with Crippen molar-refractivity contribution in [2.75, 3.05) is 12.4 Å². The molecule has 3 rings (SSSR count). The third-order valence-corrected chi connectivity index (χ3v) is 5.33. The SMILES string of the molecule is Cc1cccc(OCC(=O)N[C@@H]2CCSc3ccccc32)c1C. The summed E-state index contributed by atoms with van der Waals surface area (Å²) in [6.07, 6.45) is 0.955. The second-order valence-electron chi connectivity index (χ2n) is 5.78. The Hall–Kier alpha value is -1.94. The van der Waals surface area contributed by atoms with E-state index in [4.69, 9.17) is 4.74 Å². The summed E-state index contributed by atoms with van der Waals surface area (Å²) < 4.78 is 5.69. The second kappa shape index (κ2) is 7.09. The highest BCUT2D eigenvalue weighted by molar-refractivity contribution is 7.99. The van der Waals surface area contributed by atoms with Gasteiger partial charge in [-0.2, -0.15) is 0 Å². The van der Waals surface area contributed by atoms with Gasteiger partial charge in [0, 0.05) is 10.6 Å². The van der Waals surface area contributed by atoms with Gasteiger partial charge in [0.15, 0.2) is 6.61 Å². The number of aryl methyl sites for hydroxylation is 1. The van der Waals surface area contributed by atoms with Crippen molar-refractivity contribution in [2.45, 2.75) is 31.2 Å². The quantitative estimate of drug-likeness (QED) is 0.921. The molecule has 1 atom stereocenters. The van der Waals surface area contributed by atoms with Crippen LogP contribution in [-0.2, 0) is 4.79 Å². The Kier molecular flexibility index (Phi) is 4.91. The molecule has 0 unspecified atom stereocenters. The van der Waals surface area contributed by atoms with Crippen molar-refractivity contribution in [1.82, 2.24) is 5.32 Å². The van der Waals surface area contributed by atoms with Crippen LogP contribution in [0.25, 0.3) is 0 Å². The first kappa shape index (κ1) is 15.9. The van der Waals surface area contributed by atoms with Crippen molar-refractivity contribution in [1.29, 1.82) is 0 Å². The lowest BCUT2D eigenvalue weighted by Gasteiger charge is -2.25. The molecule has 1 aliphatic rings. The Labute approximate surface area is 141 Å². The van der Waals surface area contributed by atoms with Crippen molar-refractivity contribution < 1.29 is 9.53 Å². The third-order valence-electron chi connectivity index (χ3n) is 4.21. The summed E-state index contributed by atoms with van der Waals surface area (Å²) in [7, 11) is 0. The zero-order chi connectivity index (χ0) is 16.2. The van der Waals surface area contributed by atoms with Crippen LogP contribution in [-0.4, -0.2) is 18.3 Å². The number of hydrogen-bond acceptors (Lipinski definition) is 3. The number of hydrogen-bond donors (Lipinski definition) is 1. The number of fused-ring (bicyclic) bond motifs is 1. The standard InChI is InChI=1S/C19H21NO2S/c1-13-6-5-8-17(14(13)2)22-12-19(21)20-16-10-11-23-18-9-4-3-7-15(16)18/h3-9,16H,10-12H2,1-2H3,(H,20,21)/t16-/m1/s1. The van der Waals surface area contributed by atoms with E-state index < -0.39 is 0 Å². The van der Waals surface area contributed by atoms with Crippen LogP contribution in [0.1, 0.15) is 29.2 Å². The summed E-state index contributed by atoms with van der Waals surface area (Å²) in [6.45, 7) is 4.10. The van der Waals surface area contributed by atoms with E-state index in [-0.39, 0.29) is 18.6 Å². The summed E-state index contributed by atoms with van der Waals surface area (Å²) in [4.78, 5) is 13.5. The van der Waals surface area contributed by atoms with Crippen molar-refractivity contribution >= 4 is 17.7 Å². The molecule has 0 saturated heterocycles. The van der Waals surface area contributed by atoms with E-state index >= 15 is 0 Å². The van der Waals surface area contributed by atoms with E-state index in [1.807, 2.05) is 55.9 Å². The summed E-state index contributed by atoms with van der Waals surface area (Å²) >= 11 is 1.85. The van der Waals surface area contributed by atoms with E-state index in [2.05, 4.69) is 17.4 Å². The number of amides is 1. The molecule has 120 valence electrons. The van der Waals surface area contributed by atoms with Crippen molar-refractivity contribution in [3.05, 3.63) is 59.2 Å². The van der Waals surface area contributed by atoms with Gasteiger partial charge in [0.1, 0.15) is 5.75 Å². The second-order valence-corrected chi connectivity index (χ2v) is 6.92. The van der Waals surface area contributed by atoms with Gasteiger partial charge in [-0.05, 0) is 49.1 Å². The van der Waals surface area contributed by atoms with E-state index in [0.717, 1.165) is 23.5 Å². The largest absolute Gasteiger partial charge is 0.483 e. The van der Waals surface area contributed by atoms with Gasteiger partial charge < -0.3 is 10.1 Å². The first-order valence-electron chi connectivity index (χ1n) is 7.85. The molecule has 1 aliphatic heterocycles. The zero-order valence-electron chi connectivity index (χ0n) is 13.5. The van der Waals surface area contributed by atoms with Crippen LogP contribution in [0.4, 0.5) is 0 Å². The molecule has 1 N–H and O–H groups in total. The molecular formula is C19H21NO2S. The number of carbonyl (C=O) groups is 1. The molecule has 1 amide bonds. The van der Waals surface area contributed by atoms with Gasteiger partial charge in [-0.15, -0.1) is 11.8 Å². The minimum atomic E-state index is -0.0717. The van der Waals surface area contributed by atoms with Crippen LogP contribution in [0.2, 0.25) is 0 Å². The van der Waals surface area contributed by atoms with E-state index in [1.54, 1.807) is 0 Å². The smallest absolute Gasteiger partial charge is 0.258 e. The number of benzene rings is 2. The fourth-order valence-corrected chi connectivity index (χ4v) is 3.88. The van der Waals surface area contributed by atoms with Gasteiger partial charge in [0.2, 0.25) is 0 Å². The Bertz CT molecular complexity index is 714. The predicted octanol–water partition coefficient (Wildman–Crippen LogP) is 4.04. The van der Waals surface area contributed by atoms with E-state index in [0.29, 0.717) is 0 Å². The Balaban J connectivity index is 1.61. The maximum atomic E-state index is 12.2. The summed E-state index contributed by atoms with van der Waals surface area (Å²) in [6, 6.07) is 14.3. The highest BCUT2D eigenvalue weighted by atomic mass is 32.2. The highest BCUT2D eigenvalue weighted by Gasteiger charge is 2.22. The minimum absolute atomic E-state index is 0.0517. The first-order valence-corrected chi connectivity index (χ1v) is 8.84. The van der Waals surface area contributed by atoms with Crippen LogP contribution in [0.15, 0.2) is 47.4 Å². The molecule has 0 fully saturated rings. The van der Waals surface area contributed by atoms with E-state index in [9.17, 15) is 4.79 Å². The number of ether oxygens (including phenoxy) is 1. The molecule has 0 bridgehead atoms. The Morgan fingerprint density at radius 3 is 2.91 bits per heavy atom. The van der Waals surface area contributed by atoms with Crippen LogP contribution in [0, 0.1) is 13.8 Å². The number of nitrogens with one attached hydrogen (secondary N) is 1. The molecule has 2 aromatic rings. The van der Waals surface area contributed by atoms with Crippen molar-refractivity contribution in [2.24, 2.45) is 0 Å². The molecule has 2 aromatic carbocycles. The van der Waals surface area contributed by atoms with Gasteiger partial charge in [0.25, 0.3) is 5.91 Å². The van der Waals surface area contributed by atoms with Crippen LogP contribution in [0.5, 0.6) is 5.75 Å². The van der Waals surface area contributed by atoms with Gasteiger partial charge in [-0.3, -0.25) is 4.79 Å². The fraction of sp³-hybridized carbons (Fsp3) is 0.316. The van der Waals surface area contributed by atoms with Crippen LogP contribution < -0.4 is 10.1 Å². The normalized spacial score (nSPS) is 16.5. The van der Waals surface area contributed by atoms with Gasteiger partial charge in [0.05, 0.1) is 6.04 Å². The summed E-state index contributed by atoms with van der Waals surface area (Å²) in [5, 5.41) is 3.10. The highest BCUT2D eigenvalue weighted by Crippen LogP contribution is 2.35. The fourth-order valence-electron chi connectivity index (χ4n) is 2.75. The number of carbonyl (C=O) groups excluding carboxylic acids is 1. The van der Waals surface area contributed by atoms with Crippen molar-refractivity contribution in [3.8, 4) is 5.75 Å². The molecule has 0 spiro atoms. The monoisotopic (exact) mass is 327 g/mol. The zero-order valence-corrected chi connectivity index (χ0v) is 14.3. The average molecular weight is 327 g/mol. The molecule has 0 aromatic heterocycles.